The molecule has 0 aliphatic heterocycles. The van der Waals surface area contributed by atoms with Crippen LogP contribution < -0.4 is 0 Å². The fourth-order valence-electron chi connectivity index (χ4n) is 1.51. The Morgan fingerprint density at radius 1 is 1.45 bits per heavy atom. The van der Waals surface area contributed by atoms with Gasteiger partial charge in [-0.1, -0.05) is 5.16 Å². The number of aromatic nitrogens is 2. The maximum Gasteiger partial charge on any atom is 0.335 e. The fraction of sp³-hybridized carbons (Fsp3) is 0.182. The SMILES string of the molecule is Cc1noc(CS(=O)(=O)c2cc(C(=O)O)ccc2Br)n1. The molecule has 0 spiro atoms. The molecule has 9 heteroatoms. The molecule has 0 saturated carbocycles. The van der Waals surface area contributed by atoms with E-state index in [1.54, 1.807) is 6.92 Å². The Hall–Kier alpha value is -1.74. The van der Waals surface area contributed by atoms with Crippen LogP contribution in [0.4, 0.5) is 0 Å². The number of hydrogen-bond donors (Lipinski definition) is 1. The number of carbonyl (C=O) groups is 1. The molecule has 1 aromatic heterocycles. The summed E-state index contributed by atoms with van der Waals surface area (Å²) in [5, 5.41) is 12.4. The van der Waals surface area contributed by atoms with Crippen molar-refractivity contribution in [3.63, 3.8) is 0 Å². The minimum absolute atomic E-state index is 0.0462. The van der Waals surface area contributed by atoms with E-state index in [9.17, 15) is 13.2 Å². The van der Waals surface area contributed by atoms with Gasteiger partial charge in [0.25, 0.3) is 0 Å². The quantitative estimate of drug-likeness (QED) is 0.884. The molecule has 106 valence electrons. The first kappa shape index (κ1) is 14.7. The van der Waals surface area contributed by atoms with Crippen molar-refractivity contribution in [2.45, 2.75) is 17.6 Å². The van der Waals surface area contributed by atoms with Crippen molar-refractivity contribution in [1.29, 1.82) is 0 Å². The average Bonchev–Trinajstić information content (AvgIpc) is 2.73. The van der Waals surface area contributed by atoms with Gasteiger partial charge in [0.05, 0.1) is 10.5 Å². The molecule has 1 aromatic carbocycles. The van der Waals surface area contributed by atoms with Gasteiger partial charge in [-0.25, -0.2) is 13.2 Å². The number of carboxylic acid groups (broad SMARTS) is 1. The van der Waals surface area contributed by atoms with Gasteiger partial charge < -0.3 is 9.63 Å². The highest BCUT2D eigenvalue weighted by Gasteiger charge is 2.23. The summed E-state index contributed by atoms with van der Waals surface area (Å²) in [5.74, 6) is -1.42. The number of carboxylic acids is 1. The number of rotatable bonds is 4. The van der Waals surface area contributed by atoms with E-state index in [4.69, 9.17) is 9.63 Å². The smallest absolute Gasteiger partial charge is 0.335 e. The van der Waals surface area contributed by atoms with E-state index in [1.165, 1.54) is 12.1 Å². The van der Waals surface area contributed by atoms with Crippen molar-refractivity contribution in [2.75, 3.05) is 0 Å². The summed E-state index contributed by atoms with van der Waals surface area (Å²) in [7, 11) is -3.79. The molecule has 0 aliphatic rings. The van der Waals surface area contributed by atoms with Crippen LogP contribution in [-0.4, -0.2) is 29.6 Å². The van der Waals surface area contributed by atoms with Crippen molar-refractivity contribution in [3.8, 4) is 0 Å². The van der Waals surface area contributed by atoms with Gasteiger partial charge in [-0.15, -0.1) is 0 Å². The zero-order valence-corrected chi connectivity index (χ0v) is 12.6. The third-order valence-electron chi connectivity index (χ3n) is 2.40. The largest absolute Gasteiger partial charge is 0.478 e. The molecule has 0 atom stereocenters. The number of halogens is 1. The van der Waals surface area contributed by atoms with Gasteiger partial charge in [0.15, 0.2) is 15.7 Å². The lowest BCUT2D eigenvalue weighted by atomic mass is 10.2. The molecule has 0 radical (unpaired) electrons. The lowest BCUT2D eigenvalue weighted by molar-refractivity contribution is 0.0696. The number of sulfone groups is 1. The number of benzene rings is 1. The summed E-state index contributed by atoms with van der Waals surface area (Å²) in [5.41, 5.74) is -0.117. The van der Waals surface area contributed by atoms with Crippen LogP contribution >= 0.6 is 15.9 Å². The summed E-state index contributed by atoms with van der Waals surface area (Å²) in [4.78, 5) is 14.6. The molecular formula is C11H9BrN2O5S. The van der Waals surface area contributed by atoms with Crippen LogP contribution in [-0.2, 0) is 15.6 Å². The van der Waals surface area contributed by atoms with Crippen LogP contribution in [0.5, 0.6) is 0 Å². The summed E-state index contributed by atoms with van der Waals surface area (Å²) in [6.45, 7) is 1.57. The third kappa shape index (κ3) is 3.05. The van der Waals surface area contributed by atoms with Crippen LogP contribution in [0.2, 0.25) is 0 Å². The normalized spacial score (nSPS) is 11.5. The fourth-order valence-corrected chi connectivity index (χ4v) is 3.77. The summed E-state index contributed by atoms with van der Waals surface area (Å²) < 4.78 is 29.6. The number of hydrogen-bond acceptors (Lipinski definition) is 6. The average molecular weight is 361 g/mol. The molecule has 2 aromatic rings. The highest BCUT2D eigenvalue weighted by Crippen LogP contribution is 2.26. The van der Waals surface area contributed by atoms with Gasteiger partial charge in [0.2, 0.25) is 5.89 Å². The topological polar surface area (TPSA) is 110 Å². The highest BCUT2D eigenvalue weighted by molar-refractivity contribution is 9.10. The van der Waals surface area contributed by atoms with Crippen LogP contribution in [0, 0.1) is 6.92 Å². The second-order valence-electron chi connectivity index (χ2n) is 3.94. The summed E-state index contributed by atoms with van der Waals surface area (Å²) in [6, 6.07) is 3.77. The molecule has 2 rings (SSSR count). The lowest BCUT2D eigenvalue weighted by Gasteiger charge is -2.05. The van der Waals surface area contributed by atoms with E-state index in [2.05, 4.69) is 26.1 Å². The zero-order valence-electron chi connectivity index (χ0n) is 10.2. The molecule has 0 fully saturated rings. The minimum atomic E-state index is -3.79. The first-order chi connectivity index (χ1) is 9.29. The van der Waals surface area contributed by atoms with Crippen molar-refractivity contribution < 1.29 is 22.8 Å². The molecule has 0 amide bonds. The molecule has 0 bridgehead atoms. The third-order valence-corrected chi connectivity index (χ3v) is 4.99. The predicted molar refractivity (Wildman–Crippen MR) is 71.0 cm³/mol. The molecule has 0 unspecified atom stereocenters. The monoisotopic (exact) mass is 360 g/mol. The Kier molecular flexibility index (Phi) is 3.91. The summed E-state index contributed by atoms with van der Waals surface area (Å²) in [6.07, 6.45) is 0. The van der Waals surface area contributed by atoms with Crippen LogP contribution in [0.3, 0.4) is 0 Å². The van der Waals surface area contributed by atoms with E-state index < -0.39 is 21.6 Å². The van der Waals surface area contributed by atoms with E-state index in [-0.39, 0.29) is 20.8 Å². The van der Waals surface area contributed by atoms with Gasteiger partial charge in [-0.05, 0) is 41.1 Å². The van der Waals surface area contributed by atoms with Gasteiger partial charge in [-0.3, -0.25) is 0 Å². The van der Waals surface area contributed by atoms with Gasteiger partial charge >= 0.3 is 5.97 Å². The Morgan fingerprint density at radius 3 is 2.70 bits per heavy atom. The first-order valence-corrected chi connectivity index (χ1v) is 7.79. The van der Waals surface area contributed by atoms with E-state index in [0.717, 1.165) is 6.07 Å². The Morgan fingerprint density at radius 2 is 2.15 bits per heavy atom. The van der Waals surface area contributed by atoms with Crippen molar-refractivity contribution in [1.82, 2.24) is 10.1 Å². The van der Waals surface area contributed by atoms with E-state index in [1.807, 2.05) is 0 Å². The Balaban J connectivity index is 2.43. The van der Waals surface area contributed by atoms with Crippen LogP contribution in [0.15, 0.2) is 32.1 Å². The molecule has 0 aliphatic carbocycles. The van der Waals surface area contributed by atoms with Gasteiger partial charge in [-0.2, -0.15) is 4.98 Å². The summed E-state index contributed by atoms with van der Waals surface area (Å²) >= 11 is 3.10. The number of nitrogens with zero attached hydrogens (tertiary/aromatic N) is 2. The van der Waals surface area contributed by atoms with Crippen molar-refractivity contribution >= 4 is 31.7 Å². The number of aryl methyl sites for hydroxylation is 1. The van der Waals surface area contributed by atoms with Crippen LogP contribution in [0.25, 0.3) is 0 Å². The molecular weight excluding hydrogens is 352 g/mol. The maximum absolute atomic E-state index is 12.3. The van der Waals surface area contributed by atoms with E-state index in [0.29, 0.717) is 5.82 Å². The minimum Gasteiger partial charge on any atom is -0.478 e. The molecule has 0 saturated heterocycles. The number of aromatic carboxylic acids is 1. The standard InChI is InChI=1S/C11H9BrN2O5S/c1-6-13-10(19-14-6)5-20(17,18)9-4-7(11(15)16)2-3-8(9)12/h2-4H,5H2,1H3,(H,15,16). The van der Waals surface area contributed by atoms with Gasteiger partial charge in [0, 0.05) is 4.47 Å². The predicted octanol–water partition coefficient (Wildman–Crippen LogP) is 1.81. The van der Waals surface area contributed by atoms with Crippen LogP contribution in [0.1, 0.15) is 22.1 Å². The molecule has 1 heterocycles. The second-order valence-corrected chi connectivity index (χ2v) is 6.76. The molecule has 7 nitrogen and oxygen atoms in total. The molecule has 20 heavy (non-hydrogen) atoms. The first-order valence-electron chi connectivity index (χ1n) is 5.34. The maximum atomic E-state index is 12.3. The van der Waals surface area contributed by atoms with E-state index >= 15 is 0 Å². The van der Waals surface area contributed by atoms with Gasteiger partial charge in [0.1, 0.15) is 5.75 Å². The van der Waals surface area contributed by atoms with Crippen molar-refractivity contribution in [3.05, 3.63) is 40.0 Å². The lowest BCUT2D eigenvalue weighted by Crippen LogP contribution is -2.08. The van der Waals surface area contributed by atoms with Crippen molar-refractivity contribution in [2.24, 2.45) is 0 Å². The zero-order chi connectivity index (χ0) is 14.9. The Bertz CT molecular complexity index is 769. The highest BCUT2D eigenvalue weighted by atomic mass is 79.9. The Labute approximate surface area is 122 Å². The molecule has 1 N–H and O–H groups in total. The second kappa shape index (κ2) is 5.33.